The molecule has 0 aromatic rings. The molecule has 0 aromatic carbocycles. The van der Waals surface area contributed by atoms with Crippen molar-refractivity contribution in [2.75, 3.05) is 6.54 Å². The highest BCUT2D eigenvalue weighted by Crippen LogP contribution is 2.46. The van der Waals surface area contributed by atoms with Crippen molar-refractivity contribution in [3.63, 3.8) is 0 Å². The maximum absolute atomic E-state index is 11.6. The fraction of sp³-hybridized carbons (Fsp3) is 0.900. The molecule has 70 valence electrons. The Morgan fingerprint density at radius 2 is 2.17 bits per heavy atom. The van der Waals surface area contributed by atoms with E-state index in [0.717, 1.165) is 25.7 Å². The van der Waals surface area contributed by atoms with E-state index >= 15 is 0 Å². The molecule has 0 aliphatic heterocycles. The molecule has 0 aromatic heterocycles. The molecule has 0 amide bonds. The lowest BCUT2D eigenvalue weighted by Crippen LogP contribution is -2.26. The summed E-state index contributed by atoms with van der Waals surface area (Å²) in [4.78, 5) is 11.6. The molecule has 1 rings (SSSR count). The molecule has 0 heterocycles. The van der Waals surface area contributed by atoms with Crippen molar-refractivity contribution in [1.29, 1.82) is 0 Å². The second kappa shape index (κ2) is 3.56. The third-order valence-corrected chi connectivity index (χ3v) is 3.07. The Balaban J connectivity index is 2.38. The highest BCUT2D eigenvalue weighted by atomic mass is 16.1. The number of hydrogen-bond acceptors (Lipinski definition) is 2. The van der Waals surface area contributed by atoms with Crippen LogP contribution >= 0.6 is 0 Å². The van der Waals surface area contributed by atoms with Gasteiger partial charge < -0.3 is 5.73 Å². The quantitative estimate of drug-likeness (QED) is 0.681. The van der Waals surface area contributed by atoms with Gasteiger partial charge in [0.2, 0.25) is 0 Å². The predicted molar refractivity (Wildman–Crippen MR) is 49.8 cm³/mol. The van der Waals surface area contributed by atoms with Crippen LogP contribution in [0.1, 0.15) is 39.5 Å². The van der Waals surface area contributed by atoms with E-state index < -0.39 is 0 Å². The molecule has 1 unspecified atom stereocenters. The van der Waals surface area contributed by atoms with E-state index in [0.29, 0.717) is 18.2 Å². The summed E-state index contributed by atoms with van der Waals surface area (Å²) in [5.41, 5.74) is 5.49. The number of hydrogen-bond donors (Lipinski definition) is 1. The third-order valence-electron chi connectivity index (χ3n) is 3.07. The van der Waals surface area contributed by atoms with Crippen molar-refractivity contribution < 1.29 is 4.79 Å². The first-order valence-electron chi connectivity index (χ1n) is 4.88. The molecule has 2 heteroatoms. The molecule has 1 aliphatic carbocycles. The van der Waals surface area contributed by atoms with Crippen LogP contribution < -0.4 is 5.73 Å². The minimum Gasteiger partial charge on any atom is -0.329 e. The number of carbonyl (C=O) groups is 1. The number of carbonyl (C=O) groups excluding carboxylic acids is 1. The van der Waals surface area contributed by atoms with E-state index in [1.54, 1.807) is 0 Å². The molecule has 1 atom stereocenters. The average molecular weight is 169 g/mol. The van der Waals surface area contributed by atoms with Gasteiger partial charge in [-0.3, -0.25) is 4.79 Å². The van der Waals surface area contributed by atoms with Gasteiger partial charge in [-0.05, 0) is 18.8 Å². The minimum atomic E-state index is -0.0799. The van der Waals surface area contributed by atoms with E-state index in [2.05, 4.69) is 13.8 Å². The van der Waals surface area contributed by atoms with Crippen molar-refractivity contribution in [1.82, 2.24) is 0 Å². The minimum absolute atomic E-state index is 0.0799. The second-order valence-electron chi connectivity index (χ2n) is 4.13. The van der Waals surface area contributed by atoms with Crippen LogP contribution in [0.3, 0.4) is 0 Å². The summed E-state index contributed by atoms with van der Waals surface area (Å²) >= 11 is 0. The van der Waals surface area contributed by atoms with Gasteiger partial charge >= 0.3 is 0 Å². The van der Waals surface area contributed by atoms with Gasteiger partial charge in [-0.1, -0.05) is 20.3 Å². The van der Waals surface area contributed by atoms with Crippen LogP contribution in [0, 0.1) is 11.3 Å². The van der Waals surface area contributed by atoms with Gasteiger partial charge in [0.15, 0.2) is 0 Å². The number of ketones is 1. The Labute approximate surface area is 74.5 Å². The predicted octanol–water partition coefficient (Wildman–Crippen LogP) is 1.73. The third kappa shape index (κ3) is 1.86. The maximum Gasteiger partial charge on any atom is 0.140 e. The van der Waals surface area contributed by atoms with Gasteiger partial charge in [-0.15, -0.1) is 0 Å². The van der Waals surface area contributed by atoms with Crippen molar-refractivity contribution in [3.8, 4) is 0 Å². The van der Waals surface area contributed by atoms with Crippen LogP contribution in [0.4, 0.5) is 0 Å². The van der Waals surface area contributed by atoms with E-state index in [9.17, 15) is 4.79 Å². The van der Waals surface area contributed by atoms with E-state index in [4.69, 9.17) is 5.73 Å². The van der Waals surface area contributed by atoms with Crippen LogP contribution in [0.5, 0.6) is 0 Å². The van der Waals surface area contributed by atoms with Crippen molar-refractivity contribution in [2.24, 2.45) is 17.1 Å². The van der Waals surface area contributed by atoms with E-state index in [1.165, 1.54) is 0 Å². The van der Waals surface area contributed by atoms with Crippen molar-refractivity contribution >= 4 is 5.78 Å². The highest BCUT2D eigenvalue weighted by molar-refractivity contribution is 5.87. The van der Waals surface area contributed by atoms with Gasteiger partial charge in [0.05, 0.1) is 0 Å². The fourth-order valence-corrected chi connectivity index (χ4v) is 1.43. The monoisotopic (exact) mass is 169 g/mol. The van der Waals surface area contributed by atoms with Crippen molar-refractivity contribution in [2.45, 2.75) is 39.5 Å². The SMILES string of the molecule is CCC(C)CC(=O)C1(CN)CC1. The molecule has 0 bridgehead atoms. The lowest BCUT2D eigenvalue weighted by atomic mass is 9.92. The Bertz CT molecular complexity index is 173. The average Bonchev–Trinajstić information content (AvgIpc) is 2.84. The van der Waals surface area contributed by atoms with E-state index in [-0.39, 0.29) is 5.41 Å². The zero-order valence-electron chi connectivity index (χ0n) is 8.10. The zero-order valence-corrected chi connectivity index (χ0v) is 8.10. The molecule has 0 spiro atoms. The topological polar surface area (TPSA) is 43.1 Å². The summed E-state index contributed by atoms with van der Waals surface area (Å²) in [6.45, 7) is 4.81. The molecule has 2 nitrogen and oxygen atoms in total. The normalized spacial score (nSPS) is 21.9. The summed E-state index contributed by atoms with van der Waals surface area (Å²) in [7, 11) is 0. The maximum atomic E-state index is 11.6. The van der Waals surface area contributed by atoms with Crippen LogP contribution in [0.2, 0.25) is 0 Å². The van der Waals surface area contributed by atoms with Gasteiger partial charge in [-0.2, -0.15) is 0 Å². The highest BCUT2D eigenvalue weighted by Gasteiger charge is 2.47. The Morgan fingerprint density at radius 1 is 1.58 bits per heavy atom. The van der Waals surface area contributed by atoms with Crippen LogP contribution in [0.15, 0.2) is 0 Å². The fourth-order valence-electron chi connectivity index (χ4n) is 1.43. The molecule has 2 N–H and O–H groups in total. The Hall–Kier alpha value is -0.370. The van der Waals surface area contributed by atoms with Gasteiger partial charge in [0.1, 0.15) is 5.78 Å². The lowest BCUT2D eigenvalue weighted by Gasteiger charge is -2.13. The Kier molecular flexibility index (Phi) is 2.89. The van der Waals surface area contributed by atoms with Gasteiger partial charge in [0.25, 0.3) is 0 Å². The molecule has 0 radical (unpaired) electrons. The molecule has 0 saturated heterocycles. The largest absolute Gasteiger partial charge is 0.329 e. The van der Waals surface area contributed by atoms with Crippen LogP contribution in [-0.2, 0) is 4.79 Å². The summed E-state index contributed by atoms with van der Waals surface area (Å²) in [5, 5.41) is 0. The zero-order chi connectivity index (χ0) is 9.19. The van der Waals surface area contributed by atoms with E-state index in [1.807, 2.05) is 0 Å². The lowest BCUT2D eigenvalue weighted by molar-refractivity contribution is -0.124. The van der Waals surface area contributed by atoms with Crippen LogP contribution in [-0.4, -0.2) is 12.3 Å². The summed E-state index contributed by atoms with van der Waals surface area (Å²) in [5.74, 6) is 0.931. The van der Waals surface area contributed by atoms with Crippen molar-refractivity contribution in [3.05, 3.63) is 0 Å². The molecule has 1 aliphatic rings. The summed E-state index contributed by atoms with van der Waals surface area (Å²) in [6, 6.07) is 0. The second-order valence-corrected chi connectivity index (χ2v) is 4.13. The molecular weight excluding hydrogens is 150 g/mol. The Morgan fingerprint density at radius 3 is 2.50 bits per heavy atom. The van der Waals surface area contributed by atoms with Crippen LogP contribution in [0.25, 0.3) is 0 Å². The van der Waals surface area contributed by atoms with Gasteiger partial charge in [0, 0.05) is 18.4 Å². The molecule has 12 heavy (non-hydrogen) atoms. The first-order chi connectivity index (χ1) is 5.64. The first kappa shape index (κ1) is 9.72. The standard InChI is InChI=1S/C10H19NO/c1-3-8(2)6-9(12)10(7-11)4-5-10/h8H,3-7,11H2,1-2H3. The van der Waals surface area contributed by atoms with Gasteiger partial charge in [-0.25, -0.2) is 0 Å². The number of Topliss-reactive ketones (excluding diaryl/α,β-unsaturated/α-hetero) is 1. The number of nitrogens with two attached hydrogens (primary N) is 1. The summed E-state index contributed by atoms with van der Waals surface area (Å²) in [6.07, 6.45) is 3.87. The smallest absolute Gasteiger partial charge is 0.140 e. The molecule has 1 saturated carbocycles. The number of rotatable bonds is 5. The first-order valence-corrected chi connectivity index (χ1v) is 4.88. The molecular formula is C10H19NO. The molecule has 1 fully saturated rings. The summed E-state index contributed by atoms with van der Waals surface area (Å²) < 4.78 is 0.